The summed E-state index contributed by atoms with van der Waals surface area (Å²) in [5, 5.41) is 0. The van der Waals surface area contributed by atoms with Crippen molar-refractivity contribution in [3.05, 3.63) is 0 Å². The zero-order chi connectivity index (χ0) is 26.3. The van der Waals surface area contributed by atoms with Gasteiger partial charge in [-0.1, -0.05) is 0 Å². The van der Waals surface area contributed by atoms with Crippen molar-refractivity contribution in [2.75, 3.05) is 91.5 Å². The van der Waals surface area contributed by atoms with Crippen LogP contribution in [-0.4, -0.2) is 140 Å². The molecule has 1 aliphatic heterocycles. The van der Waals surface area contributed by atoms with Gasteiger partial charge in [-0.2, -0.15) is 13.9 Å². The summed E-state index contributed by atoms with van der Waals surface area (Å²) in [6, 6.07) is 0. The van der Waals surface area contributed by atoms with Crippen LogP contribution in [0.15, 0.2) is 0 Å². The topological polar surface area (TPSA) is 112 Å². The molecular weight excluding hydrogens is 475 g/mol. The first-order chi connectivity index (χ1) is 16.5. The Hall–Kier alpha value is -1.04. The summed E-state index contributed by atoms with van der Waals surface area (Å²) in [6.45, 7) is 15.3. The number of ether oxygens (including phenoxy) is 1. The number of hydrogen-bond acceptors (Lipinski definition) is 11. The number of esters is 1. The van der Waals surface area contributed by atoms with Crippen LogP contribution in [-0.2, 0) is 28.2 Å². The standard InChI is InChI=1S/C23H46N4O7P/c1-6-32-35(31,33-7-2)21-27-14-11-25(17-19-29)9-8-24(16-18-28)10-12-26(13-15-27)20-22(30)34-23(3,4)5/h18-19,31H,6-17,20-21H2,1-5H3/q+1. The van der Waals surface area contributed by atoms with Crippen LogP contribution in [0.4, 0.5) is 0 Å². The van der Waals surface area contributed by atoms with Crippen LogP contribution >= 0.6 is 7.94 Å². The van der Waals surface area contributed by atoms with Crippen molar-refractivity contribution in [2.24, 2.45) is 0 Å². The van der Waals surface area contributed by atoms with Crippen molar-refractivity contribution >= 4 is 26.5 Å². The molecule has 1 aliphatic rings. The molecule has 0 aromatic heterocycles. The predicted molar refractivity (Wildman–Crippen MR) is 136 cm³/mol. The molecule has 12 heteroatoms. The zero-order valence-corrected chi connectivity index (χ0v) is 23.1. The van der Waals surface area contributed by atoms with Gasteiger partial charge in [-0.15, -0.1) is 0 Å². The summed E-state index contributed by atoms with van der Waals surface area (Å²) in [5.74, 6) is -0.303. The molecule has 0 aromatic carbocycles. The van der Waals surface area contributed by atoms with E-state index in [9.17, 15) is 19.3 Å². The Morgan fingerprint density at radius 2 is 1.20 bits per heavy atom. The summed E-state index contributed by atoms with van der Waals surface area (Å²) in [4.78, 5) is 54.1. The van der Waals surface area contributed by atoms with Gasteiger partial charge in [0.25, 0.3) is 0 Å². The van der Waals surface area contributed by atoms with E-state index in [1.807, 2.05) is 49.3 Å². The average molecular weight is 522 g/mol. The highest BCUT2D eigenvalue weighted by molar-refractivity contribution is 7.60. The van der Waals surface area contributed by atoms with Crippen LogP contribution in [0.5, 0.6) is 0 Å². The third-order valence-corrected chi connectivity index (χ3v) is 7.49. The summed E-state index contributed by atoms with van der Waals surface area (Å²) in [6.07, 6.45) is 2.00. The molecule has 0 saturated carbocycles. The molecule has 0 atom stereocenters. The number of carbonyl (C=O) groups excluding carboxylic acids is 3. The molecule has 1 fully saturated rings. The number of rotatable bonds is 12. The van der Waals surface area contributed by atoms with E-state index in [1.54, 1.807) is 0 Å². The zero-order valence-electron chi connectivity index (χ0n) is 22.2. The monoisotopic (exact) mass is 521 g/mol. The van der Waals surface area contributed by atoms with Gasteiger partial charge >= 0.3 is 13.9 Å². The second-order valence-electron chi connectivity index (χ2n) is 9.53. The van der Waals surface area contributed by atoms with E-state index in [-0.39, 0.29) is 18.8 Å². The lowest BCUT2D eigenvalue weighted by Crippen LogP contribution is -2.48. The molecule has 0 unspecified atom stereocenters. The SMILES string of the molecule is CCO[P+](O)(CN1CCN(CC=O)CCN(CC=O)CCN(CC(=O)OC(C)(C)C)CC1)OCC. The highest BCUT2D eigenvalue weighted by Crippen LogP contribution is 2.57. The number of aldehydes is 2. The fourth-order valence-electron chi connectivity index (χ4n) is 3.79. The minimum Gasteiger partial charge on any atom is -0.459 e. The smallest absolute Gasteiger partial charge is 0.424 e. The first kappa shape index (κ1) is 32.0. The molecule has 0 bridgehead atoms. The lowest BCUT2D eigenvalue weighted by Gasteiger charge is -2.33. The maximum atomic E-state index is 12.5. The first-order valence-corrected chi connectivity index (χ1v) is 14.2. The molecule has 35 heavy (non-hydrogen) atoms. The molecule has 0 radical (unpaired) electrons. The predicted octanol–water partition coefficient (Wildman–Crippen LogP) is 0.733. The second-order valence-corrected chi connectivity index (χ2v) is 11.6. The lowest BCUT2D eigenvalue weighted by molar-refractivity contribution is -0.156. The second kappa shape index (κ2) is 16.7. The normalized spacial score (nSPS) is 19.0. The first-order valence-electron chi connectivity index (χ1n) is 12.4. The van der Waals surface area contributed by atoms with Gasteiger partial charge in [0.1, 0.15) is 18.2 Å². The molecule has 1 heterocycles. The van der Waals surface area contributed by atoms with Crippen molar-refractivity contribution < 1.29 is 33.1 Å². The molecule has 1 saturated heterocycles. The number of nitrogens with zero attached hydrogens (tertiary/aromatic N) is 4. The number of hydrogen-bond donors (Lipinski definition) is 1. The van der Waals surface area contributed by atoms with E-state index < -0.39 is 13.5 Å². The van der Waals surface area contributed by atoms with Gasteiger partial charge in [0.05, 0.1) is 32.8 Å². The highest BCUT2D eigenvalue weighted by Gasteiger charge is 2.42. The molecule has 0 aromatic rings. The summed E-state index contributed by atoms with van der Waals surface area (Å²) in [7, 11) is -3.06. The molecule has 204 valence electrons. The van der Waals surface area contributed by atoms with Crippen LogP contribution in [0.25, 0.3) is 0 Å². The summed E-state index contributed by atoms with van der Waals surface area (Å²) < 4.78 is 16.7. The van der Waals surface area contributed by atoms with Crippen LogP contribution < -0.4 is 0 Å². The molecular formula is C23H46N4O7P+. The highest BCUT2D eigenvalue weighted by atomic mass is 31.2. The quantitative estimate of drug-likeness (QED) is 0.223. The Labute approximate surface area is 211 Å². The molecule has 11 nitrogen and oxygen atoms in total. The van der Waals surface area contributed by atoms with E-state index in [0.717, 1.165) is 12.6 Å². The van der Waals surface area contributed by atoms with Gasteiger partial charge < -0.3 is 14.3 Å². The third kappa shape index (κ3) is 14.3. The Balaban J connectivity index is 3.05. The minimum absolute atomic E-state index is 0.133. The van der Waals surface area contributed by atoms with E-state index >= 15 is 0 Å². The fourth-order valence-corrected chi connectivity index (χ4v) is 5.62. The van der Waals surface area contributed by atoms with Gasteiger partial charge in [-0.25, -0.2) is 0 Å². The van der Waals surface area contributed by atoms with Crippen molar-refractivity contribution in [3.8, 4) is 0 Å². The van der Waals surface area contributed by atoms with Crippen LogP contribution in [0.3, 0.4) is 0 Å². The van der Waals surface area contributed by atoms with Crippen LogP contribution in [0.2, 0.25) is 0 Å². The maximum Gasteiger partial charge on any atom is 0.424 e. The van der Waals surface area contributed by atoms with Crippen molar-refractivity contribution in [1.82, 2.24) is 19.6 Å². The van der Waals surface area contributed by atoms with Gasteiger partial charge in [0.15, 0.2) is 6.29 Å². The Kier molecular flexibility index (Phi) is 15.2. The molecule has 1 rings (SSSR count). The molecule has 0 aliphatic carbocycles. The lowest BCUT2D eigenvalue weighted by atomic mass is 10.2. The number of carbonyl (C=O) groups is 3. The summed E-state index contributed by atoms with van der Waals surface area (Å²) in [5.41, 5.74) is -0.572. The van der Waals surface area contributed by atoms with E-state index in [2.05, 4.69) is 4.90 Å². The average Bonchev–Trinajstić information content (AvgIpc) is 2.74. The van der Waals surface area contributed by atoms with Gasteiger partial charge in [-0.3, -0.25) is 24.4 Å². The van der Waals surface area contributed by atoms with Crippen molar-refractivity contribution in [2.45, 2.75) is 40.2 Å². The largest absolute Gasteiger partial charge is 0.459 e. The Bertz CT molecular complexity index is 629. The van der Waals surface area contributed by atoms with Crippen molar-refractivity contribution in [1.29, 1.82) is 0 Å². The van der Waals surface area contributed by atoms with Crippen molar-refractivity contribution in [3.63, 3.8) is 0 Å². The Morgan fingerprint density at radius 3 is 1.57 bits per heavy atom. The van der Waals surface area contributed by atoms with Crippen LogP contribution in [0, 0.1) is 0 Å². The third-order valence-electron chi connectivity index (χ3n) is 5.41. The van der Waals surface area contributed by atoms with Gasteiger partial charge in [-0.05, 0) is 34.6 Å². The summed E-state index contributed by atoms with van der Waals surface area (Å²) >= 11 is 0. The molecule has 0 amide bonds. The maximum absolute atomic E-state index is 12.5. The molecule has 1 N–H and O–H groups in total. The van der Waals surface area contributed by atoms with E-state index in [4.69, 9.17) is 13.8 Å². The van der Waals surface area contributed by atoms with E-state index in [1.165, 1.54) is 0 Å². The minimum atomic E-state index is -3.06. The Morgan fingerprint density at radius 1 is 0.800 bits per heavy atom. The van der Waals surface area contributed by atoms with Crippen LogP contribution in [0.1, 0.15) is 34.6 Å². The fraction of sp³-hybridized carbons (Fsp3) is 0.870. The van der Waals surface area contributed by atoms with Gasteiger partial charge in [0, 0.05) is 52.4 Å². The van der Waals surface area contributed by atoms with E-state index in [0.29, 0.717) is 78.7 Å². The molecule has 0 spiro atoms. The van der Waals surface area contributed by atoms with Gasteiger partial charge in [0.2, 0.25) is 0 Å².